The Kier molecular flexibility index (Phi) is 3.24. The molecule has 0 aliphatic carbocycles. The zero-order valence-electron chi connectivity index (χ0n) is 13.7. The van der Waals surface area contributed by atoms with Crippen LogP contribution in [0.25, 0.3) is 22.3 Å². The third-order valence-corrected chi connectivity index (χ3v) is 5.89. The smallest absolute Gasteiger partial charge is 0.147 e. The molecule has 0 saturated heterocycles. The van der Waals surface area contributed by atoms with Crippen molar-refractivity contribution < 1.29 is 4.74 Å². The van der Waals surface area contributed by atoms with Crippen LogP contribution in [0.2, 0.25) is 0 Å². The van der Waals surface area contributed by atoms with Crippen molar-refractivity contribution in [2.24, 2.45) is 0 Å². The molecule has 0 atom stereocenters. The van der Waals surface area contributed by atoms with E-state index >= 15 is 0 Å². The predicted octanol–water partition coefficient (Wildman–Crippen LogP) is 6.18. The first-order chi connectivity index (χ1) is 11.1. The van der Waals surface area contributed by atoms with E-state index in [1.165, 1.54) is 21.6 Å². The van der Waals surface area contributed by atoms with Crippen molar-refractivity contribution in [3.05, 3.63) is 66.7 Å². The number of benzene rings is 3. The van der Waals surface area contributed by atoms with E-state index in [0.717, 1.165) is 17.1 Å². The van der Waals surface area contributed by atoms with Gasteiger partial charge in [-0.05, 0) is 42.0 Å². The molecular formula is C21H20OS. The van der Waals surface area contributed by atoms with E-state index in [0.29, 0.717) is 0 Å². The van der Waals surface area contributed by atoms with Crippen molar-refractivity contribution in [2.75, 3.05) is 18.8 Å². The molecule has 0 fully saturated rings. The maximum Gasteiger partial charge on any atom is 0.147 e. The molecule has 0 bridgehead atoms. The van der Waals surface area contributed by atoms with Crippen molar-refractivity contribution in [1.82, 2.24) is 0 Å². The minimum atomic E-state index is -0.891. The van der Waals surface area contributed by atoms with Crippen molar-refractivity contribution in [3.8, 4) is 33.8 Å². The average Bonchev–Trinajstić information content (AvgIpc) is 2.68. The monoisotopic (exact) mass is 320 g/mol. The van der Waals surface area contributed by atoms with Crippen LogP contribution < -0.4 is 4.74 Å². The molecule has 0 unspecified atom stereocenters. The summed E-state index contributed by atoms with van der Waals surface area (Å²) in [4.78, 5) is 1.32. The second-order valence-electron chi connectivity index (χ2n) is 6.61. The Labute approximate surface area is 139 Å². The highest BCUT2D eigenvalue weighted by molar-refractivity contribution is 8.32. The summed E-state index contributed by atoms with van der Waals surface area (Å²) in [7, 11) is -0.891. The Balaban J connectivity index is 2.11. The topological polar surface area (TPSA) is 9.23 Å². The van der Waals surface area contributed by atoms with E-state index in [1.54, 1.807) is 0 Å². The molecule has 0 aromatic heterocycles. The summed E-state index contributed by atoms with van der Waals surface area (Å²) < 4.78 is 6.46. The van der Waals surface area contributed by atoms with Gasteiger partial charge in [-0.25, -0.2) is 10.0 Å². The highest BCUT2D eigenvalue weighted by Crippen LogP contribution is 2.56. The molecule has 1 heterocycles. The molecule has 2 heteroatoms. The zero-order valence-corrected chi connectivity index (χ0v) is 14.5. The Morgan fingerprint density at radius 3 is 1.87 bits per heavy atom. The SMILES string of the molecule is CS(C)(C)c1cccc2c1Oc1ccccc1-c1ccccc1-2. The van der Waals surface area contributed by atoms with Gasteiger partial charge in [0.05, 0.1) is 0 Å². The molecule has 1 aliphatic heterocycles. The van der Waals surface area contributed by atoms with Gasteiger partial charge in [-0.15, -0.1) is 0 Å². The number of para-hydroxylation sites is 2. The minimum absolute atomic E-state index is 0.891. The normalized spacial score (nSPS) is 13.2. The lowest BCUT2D eigenvalue weighted by atomic mass is 9.95. The number of hydrogen-bond donors (Lipinski definition) is 0. The average molecular weight is 320 g/mol. The second-order valence-corrected chi connectivity index (χ2v) is 10.7. The Bertz CT molecular complexity index is 890. The first-order valence-corrected chi connectivity index (χ1v) is 10.6. The summed E-state index contributed by atoms with van der Waals surface area (Å²) in [5.74, 6) is 1.96. The molecule has 3 aromatic carbocycles. The summed E-state index contributed by atoms with van der Waals surface area (Å²) in [5, 5.41) is 0. The first kappa shape index (κ1) is 14.4. The Morgan fingerprint density at radius 1 is 0.609 bits per heavy atom. The quantitative estimate of drug-likeness (QED) is 0.407. The van der Waals surface area contributed by atoms with Crippen LogP contribution in [0.5, 0.6) is 11.5 Å². The molecule has 4 rings (SSSR count). The lowest BCUT2D eigenvalue weighted by Crippen LogP contribution is -1.98. The standard InChI is InChI=1S/C21H20OS/c1-23(2,3)20-14-8-12-18-16-10-5-4-9-15(16)17-11-6-7-13-19(17)22-21(18)20/h4-14H,1-3H3. The van der Waals surface area contributed by atoms with E-state index in [4.69, 9.17) is 4.74 Å². The molecule has 116 valence electrons. The molecule has 1 aliphatic rings. The Morgan fingerprint density at radius 2 is 1.17 bits per heavy atom. The van der Waals surface area contributed by atoms with Gasteiger partial charge in [0, 0.05) is 16.0 Å². The van der Waals surface area contributed by atoms with Gasteiger partial charge in [0.15, 0.2) is 0 Å². The molecule has 3 aromatic rings. The van der Waals surface area contributed by atoms with Gasteiger partial charge in [-0.2, -0.15) is 0 Å². The molecular weight excluding hydrogens is 300 g/mol. The molecule has 0 amide bonds. The van der Waals surface area contributed by atoms with Gasteiger partial charge >= 0.3 is 0 Å². The van der Waals surface area contributed by atoms with Gasteiger partial charge in [0.1, 0.15) is 11.5 Å². The molecule has 0 spiro atoms. The maximum atomic E-state index is 6.46. The highest BCUT2D eigenvalue weighted by atomic mass is 32.3. The number of ether oxygens (including phenoxy) is 1. The summed E-state index contributed by atoms with van der Waals surface area (Å²) >= 11 is 0. The van der Waals surface area contributed by atoms with E-state index in [2.05, 4.69) is 79.4 Å². The van der Waals surface area contributed by atoms with Crippen LogP contribution >= 0.6 is 10.0 Å². The van der Waals surface area contributed by atoms with Gasteiger partial charge in [-0.3, -0.25) is 0 Å². The van der Waals surface area contributed by atoms with Crippen LogP contribution in [-0.4, -0.2) is 18.8 Å². The molecule has 1 nitrogen and oxygen atoms in total. The first-order valence-electron chi connectivity index (χ1n) is 7.74. The fourth-order valence-electron chi connectivity index (χ4n) is 3.16. The van der Waals surface area contributed by atoms with Gasteiger partial charge < -0.3 is 4.74 Å². The van der Waals surface area contributed by atoms with E-state index < -0.39 is 10.0 Å². The van der Waals surface area contributed by atoms with Crippen LogP contribution in [-0.2, 0) is 0 Å². The summed E-state index contributed by atoms with van der Waals surface area (Å²) in [5.41, 5.74) is 4.84. The lowest BCUT2D eigenvalue weighted by molar-refractivity contribution is 0.476. The fraction of sp³-hybridized carbons (Fsp3) is 0.143. The molecule has 0 N–H and O–H groups in total. The maximum absolute atomic E-state index is 6.46. The van der Waals surface area contributed by atoms with Gasteiger partial charge in [0.25, 0.3) is 0 Å². The summed E-state index contributed by atoms with van der Waals surface area (Å²) in [6.07, 6.45) is 6.94. The van der Waals surface area contributed by atoms with Crippen molar-refractivity contribution in [3.63, 3.8) is 0 Å². The van der Waals surface area contributed by atoms with Gasteiger partial charge in [0.2, 0.25) is 0 Å². The Hall–Kier alpha value is -2.19. The zero-order chi connectivity index (χ0) is 16.0. The van der Waals surface area contributed by atoms with Crippen LogP contribution in [0.4, 0.5) is 0 Å². The van der Waals surface area contributed by atoms with Crippen LogP contribution in [0.15, 0.2) is 71.6 Å². The van der Waals surface area contributed by atoms with E-state index in [-0.39, 0.29) is 0 Å². The molecule has 0 radical (unpaired) electrons. The molecule has 0 saturated carbocycles. The summed E-state index contributed by atoms with van der Waals surface area (Å²) in [6, 6.07) is 23.4. The third-order valence-electron chi connectivity index (χ3n) is 4.25. The molecule has 23 heavy (non-hydrogen) atoms. The third kappa shape index (κ3) is 2.34. The predicted molar refractivity (Wildman–Crippen MR) is 101 cm³/mol. The lowest BCUT2D eigenvalue weighted by Gasteiger charge is -2.29. The van der Waals surface area contributed by atoms with Crippen molar-refractivity contribution in [1.29, 1.82) is 0 Å². The largest absolute Gasteiger partial charge is 0.455 e. The van der Waals surface area contributed by atoms with Crippen LogP contribution in [0.3, 0.4) is 0 Å². The van der Waals surface area contributed by atoms with Crippen molar-refractivity contribution >= 4 is 10.0 Å². The highest BCUT2D eigenvalue weighted by Gasteiger charge is 2.24. The van der Waals surface area contributed by atoms with Crippen molar-refractivity contribution in [2.45, 2.75) is 4.90 Å². The van der Waals surface area contributed by atoms with Crippen LogP contribution in [0, 0.1) is 0 Å². The minimum Gasteiger partial charge on any atom is -0.455 e. The van der Waals surface area contributed by atoms with Crippen LogP contribution in [0.1, 0.15) is 0 Å². The summed E-state index contributed by atoms with van der Waals surface area (Å²) in [6.45, 7) is 0. The van der Waals surface area contributed by atoms with E-state index in [1.807, 2.05) is 6.07 Å². The van der Waals surface area contributed by atoms with Gasteiger partial charge in [-0.1, -0.05) is 54.6 Å². The number of hydrogen-bond acceptors (Lipinski definition) is 1. The fourth-order valence-corrected chi connectivity index (χ4v) is 4.35. The second kappa shape index (κ2) is 5.17. The number of rotatable bonds is 1. The number of fused-ring (bicyclic) bond motifs is 5. The van der Waals surface area contributed by atoms with E-state index in [9.17, 15) is 0 Å².